The van der Waals surface area contributed by atoms with Crippen molar-refractivity contribution in [3.8, 4) is 0 Å². The number of carbonyl (C=O) groups excluding carboxylic acids is 1. The van der Waals surface area contributed by atoms with Gasteiger partial charge in [-0.1, -0.05) is 18.7 Å². The normalized spacial score (nSPS) is 11.9. The van der Waals surface area contributed by atoms with Crippen molar-refractivity contribution in [3.05, 3.63) is 23.9 Å². The summed E-state index contributed by atoms with van der Waals surface area (Å²) in [5.41, 5.74) is 0.366. The van der Waals surface area contributed by atoms with Gasteiger partial charge in [-0.25, -0.2) is 9.78 Å². The number of hydrogen-bond acceptors (Lipinski definition) is 5. The molecule has 17 heavy (non-hydrogen) atoms. The number of ether oxygens (including phenoxy) is 1. The van der Waals surface area contributed by atoms with Crippen molar-refractivity contribution < 1.29 is 19.4 Å². The Morgan fingerprint density at radius 3 is 2.82 bits per heavy atom. The monoisotopic (exact) mass is 255 g/mol. The maximum atomic E-state index is 11.3. The summed E-state index contributed by atoms with van der Waals surface area (Å²) in [6.07, 6.45) is 1.95. The number of carboxylic acids is 1. The molecule has 5 nitrogen and oxygen atoms in total. The SMILES string of the molecule is CCC(Sc1cc(C(=O)OC)ccn1)C(=O)O. The second-order valence-corrected chi connectivity index (χ2v) is 4.45. The average molecular weight is 255 g/mol. The molecule has 0 saturated carbocycles. The van der Waals surface area contributed by atoms with E-state index >= 15 is 0 Å². The number of carboxylic acid groups (broad SMARTS) is 1. The van der Waals surface area contributed by atoms with Crippen LogP contribution < -0.4 is 0 Å². The standard InChI is InChI=1S/C11H13NO4S/c1-3-8(10(13)14)17-9-6-7(4-5-12-9)11(15)16-2/h4-6,8H,3H2,1-2H3,(H,13,14). The van der Waals surface area contributed by atoms with Crippen LogP contribution in [0.1, 0.15) is 23.7 Å². The first kappa shape index (κ1) is 13.5. The van der Waals surface area contributed by atoms with E-state index in [2.05, 4.69) is 9.72 Å². The van der Waals surface area contributed by atoms with Crippen LogP contribution in [-0.2, 0) is 9.53 Å². The molecule has 0 aliphatic rings. The predicted octanol–water partition coefficient (Wildman–Crippen LogP) is 1.82. The zero-order chi connectivity index (χ0) is 12.8. The Morgan fingerprint density at radius 2 is 2.29 bits per heavy atom. The minimum absolute atomic E-state index is 0.366. The number of thioether (sulfide) groups is 1. The molecule has 1 aromatic heterocycles. The number of hydrogen-bond donors (Lipinski definition) is 1. The Hall–Kier alpha value is -1.56. The number of aromatic nitrogens is 1. The van der Waals surface area contributed by atoms with Gasteiger partial charge in [0, 0.05) is 6.20 Å². The van der Waals surface area contributed by atoms with Gasteiger partial charge in [0.1, 0.15) is 5.25 Å². The van der Waals surface area contributed by atoms with E-state index in [1.165, 1.54) is 25.4 Å². The molecule has 0 bridgehead atoms. The number of methoxy groups -OCH3 is 1. The molecule has 0 aromatic carbocycles. The number of pyridine rings is 1. The second-order valence-electron chi connectivity index (χ2n) is 3.23. The average Bonchev–Trinajstić information content (AvgIpc) is 2.34. The van der Waals surface area contributed by atoms with Crippen LogP contribution in [0.4, 0.5) is 0 Å². The molecular formula is C11H13NO4S. The zero-order valence-corrected chi connectivity index (χ0v) is 10.4. The van der Waals surface area contributed by atoms with Gasteiger partial charge in [0.15, 0.2) is 0 Å². The molecule has 1 heterocycles. The van der Waals surface area contributed by atoms with E-state index in [1.54, 1.807) is 6.92 Å². The summed E-state index contributed by atoms with van der Waals surface area (Å²) >= 11 is 1.12. The van der Waals surface area contributed by atoms with E-state index in [0.29, 0.717) is 17.0 Å². The highest BCUT2D eigenvalue weighted by Gasteiger charge is 2.18. The lowest BCUT2D eigenvalue weighted by Gasteiger charge is -2.08. The van der Waals surface area contributed by atoms with Crippen molar-refractivity contribution >= 4 is 23.7 Å². The van der Waals surface area contributed by atoms with Gasteiger partial charge >= 0.3 is 11.9 Å². The van der Waals surface area contributed by atoms with Crippen LogP contribution in [0.3, 0.4) is 0 Å². The first-order chi connectivity index (χ1) is 8.08. The van der Waals surface area contributed by atoms with Crippen molar-refractivity contribution in [1.29, 1.82) is 0 Å². The fraction of sp³-hybridized carbons (Fsp3) is 0.364. The molecule has 1 aromatic rings. The summed E-state index contributed by atoms with van der Waals surface area (Å²) < 4.78 is 4.58. The molecule has 0 aliphatic heterocycles. The van der Waals surface area contributed by atoms with Crippen LogP contribution in [0.5, 0.6) is 0 Å². The van der Waals surface area contributed by atoms with Gasteiger partial charge in [0.25, 0.3) is 0 Å². The third-order valence-electron chi connectivity index (χ3n) is 2.07. The van der Waals surface area contributed by atoms with Gasteiger partial charge in [0.2, 0.25) is 0 Å². The van der Waals surface area contributed by atoms with Crippen molar-refractivity contribution in [2.24, 2.45) is 0 Å². The molecule has 0 saturated heterocycles. The highest BCUT2D eigenvalue weighted by atomic mass is 32.2. The van der Waals surface area contributed by atoms with E-state index in [9.17, 15) is 9.59 Å². The Bertz CT molecular complexity index is 422. The van der Waals surface area contributed by atoms with Gasteiger partial charge in [0.05, 0.1) is 17.7 Å². The Kier molecular flexibility index (Phi) is 4.96. The van der Waals surface area contributed by atoms with Crippen molar-refractivity contribution in [2.75, 3.05) is 7.11 Å². The summed E-state index contributed by atoms with van der Waals surface area (Å²) in [6.45, 7) is 1.79. The molecule has 0 aliphatic carbocycles. The molecule has 1 rings (SSSR count). The highest BCUT2D eigenvalue weighted by Crippen LogP contribution is 2.24. The molecule has 0 radical (unpaired) electrons. The molecule has 0 amide bonds. The van der Waals surface area contributed by atoms with Gasteiger partial charge < -0.3 is 9.84 Å². The summed E-state index contributed by atoms with van der Waals surface area (Å²) in [7, 11) is 1.29. The maximum absolute atomic E-state index is 11.3. The largest absolute Gasteiger partial charge is 0.480 e. The first-order valence-corrected chi connectivity index (χ1v) is 5.90. The first-order valence-electron chi connectivity index (χ1n) is 5.02. The van der Waals surface area contributed by atoms with Crippen LogP contribution in [0.15, 0.2) is 23.4 Å². The molecule has 1 atom stereocenters. The molecule has 92 valence electrons. The van der Waals surface area contributed by atoms with Gasteiger partial charge in [-0.05, 0) is 18.6 Å². The Balaban J connectivity index is 2.85. The van der Waals surface area contributed by atoms with Crippen LogP contribution in [0, 0.1) is 0 Å². The van der Waals surface area contributed by atoms with Crippen molar-refractivity contribution in [3.63, 3.8) is 0 Å². The topological polar surface area (TPSA) is 76.5 Å². The van der Waals surface area contributed by atoms with Gasteiger partial charge in [-0.3, -0.25) is 4.79 Å². The van der Waals surface area contributed by atoms with Crippen LogP contribution >= 0.6 is 11.8 Å². The zero-order valence-electron chi connectivity index (χ0n) is 9.54. The number of carbonyl (C=O) groups is 2. The fourth-order valence-corrected chi connectivity index (χ4v) is 2.05. The second kappa shape index (κ2) is 6.24. The van der Waals surface area contributed by atoms with E-state index in [0.717, 1.165) is 11.8 Å². The minimum atomic E-state index is -0.886. The molecule has 0 spiro atoms. The third-order valence-corrected chi connectivity index (χ3v) is 3.35. The number of rotatable bonds is 5. The molecule has 1 unspecified atom stereocenters. The Morgan fingerprint density at radius 1 is 1.59 bits per heavy atom. The smallest absolute Gasteiger partial charge is 0.337 e. The molecule has 0 fully saturated rings. The molecule has 6 heteroatoms. The van der Waals surface area contributed by atoms with Crippen molar-refractivity contribution in [1.82, 2.24) is 4.98 Å². The predicted molar refractivity (Wildman–Crippen MR) is 63.1 cm³/mol. The Labute approximate surface area is 103 Å². The number of esters is 1. The number of aliphatic carboxylic acids is 1. The lowest BCUT2D eigenvalue weighted by atomic mass is 10.3. The lowest BCUT2D eigenvalue weighted by molar-refractivity contribution is -0.136. The van der Waals surface area contributed by atoms with Gasteiger partial charge in [-0.2, -0.15) is 0 Å². The maximum Gasteiger partial charge on any atom is 0.337 e. The lowest BCUT2D eigenvalue weighted by Crippen LogP contribution is -2.15. The van der Waals surface area contributed by atoms with Gasteiger partial charge in [-0.15, -0.1) is 0 Å². The van der Waals surface area contributed by atoms with Crippen LogP contribution in [0.25, 0.3) is 0 Å². The number of nitrogens with zero attached hydrogens (tertiary/aromatic N) is 1. The summed E-state index contributed by atoms with van der Waals surface area (Å²) in [5.74, 6) is -1.35. The fourth-order valence-electron chi connectivity index (χ4n) is 1.17. The molecular weight excluding hydrogens is 242 g/mol. The van der Waals surface area contributed by atoms with E-state index < -0.39 is 17.2 Å². The summed E-state index contributed by atoms with van der Waals surface area (Å²) in [6, 6.07) is 3.06. The summed E-state index contributed by atoms with van der Waals surface area (Å²) in [4.78, 5) is 26.2. The van der Waals surface area contributed by atoms with Crippen LogP contribution in [-0.4, -0.2) is 34.4 Å². The molecule has 1 N–H and O–H groups in total. The van der Waals surface area contributed by atoms with E-state index in [-0.39, 0.29) is 0 Å². The third kappa shape index (κ3) is 3.74. The van der Waals surface area contributed by atoms with E-state index in [4.69, 9.17) is 5.11 Å². The minimum Gasteiger partial charge on any atom is -0.480 e. The van der Waals surface area contributed by atoms with E-state index in [1.807, 2.05) is 0 Å². The quantitative estimate of drug-likeness (QED) is 0.639. The van der Waals surface area contributed by atoms with Crippen molar-refractivity contribution in [2.45, 2.75) is 23.6 Å². The highest BCUT2D eigenvalue weighted by molar-refractivity contribution is 8.00. The summed E-state index contributed by atoms with van der Waals surface area (Å²) in [5, 5.41) is 8.86. The van der Waals surface area contributed by atoms with Crippen LogP contribution in [0.2, 0.25) is 0 Å².